The maximum Gasteiger partial charge on any atom is 0.163 e. The number of nitrogens with one attached hydrogen (secondary N) is 1. The first kappa shape index (κ1) is 23.2. The lowest BCUT2D eigenvalue weighted by Crippen LogP contribution is -2.45. The van der Waals surface area contributed by atoms with Gasteiger partial charge < -0.3 is 14.8 Å². The molecule has 0 bridgehead atoms. The Morgan fingerprint density at radius 3 is 2.25 bits per heavy atom. The second-order valence-electron chi connectivity index (χ2n) is 5.67. The lowest BCUT2D eigenvalue weighted by Gasteiger charge is -2.35. The molecule has 2 rings (SSSR count). The van der Waals surface area contributed by atoms with Gasteiger partial charge in [-0.2, -0.15) is 0 Å². The molecular weight excluding hydrogens is 354 g/mol. The molecule has 1 fully saturated rings. The Kier molecular flexibility index (Phi) is 11.4. The number of halogens is 3. The third-order valence-electron chi connectivity index (χ3n) is 4.29. The van der Waals surface area contributed by atoms with Crippen LogP contribution in [-0.4, -0.2) is 45.3 Å². The molecule has 1 aromatic rings. The maximum absolute atomic E-state index is 14.6. The summed E-state index contributed by atoms with van der Waals surface area (Å²) in [6.07, 6.45) is 3.16. The van der Waals surface area contributed by atoms with Gasteiger partial charge >= 0.3 is 0 Å². The van der Waals surface area contributed by atoms with Gasteiger partial charge in [-0.25, -0.2) is 4.39 Å². The van der Waals surface area contributed by atoms with E-state index in [0.29, 0.717) is 17.1 Å². The predicted octanol–water partition coefficient (Wildman–Crippen LogP) is 3.82. The highest BCUT2D eigenvalue weighted by molar-refractivity contribution is 5.85. The number of benzene rings is 1. The van der Waals surface area contributed by atoms with Crippen molar-refractivity contribution in [1.29, 1.82) is 0 Å². The van der Waals surface area contributed by atoms with Crippen LogP contribution in [-0.2, 0) is 0 Å². The van der Waals surface area contributed by atoms with Gasteiger partial charge in [-0.05, 0) is 12.5 Å². The van der Waals surface area contributed by atoms with Crippen LogP contribution in [0.5, 0.6) is 11.5 Å². The van der Waals surface area contributed by atoms with E-state index in [4.69, 9.17) is 9.47 Å². The van der Waals surface area contributed by atoms with E-state index in [1.54, 1.807) is 13.2 Å². The molecule has 140 valence electrons. The summed E-state index contributed by atoms with van der Waals surface area (Å²) in [5, 5.41) is 3.35. The van der Waals surface area contributed by atoms with Crippen LogP contribution >= 0.6 is 24.8 Å². The van der Waals surface area contributed by atoms with E-state index in [-0.39, 0.29) is 36.7 Å². The molecule has 0 amide bonds. The number of rotatable bonds is 7. The third kappa shape index (κ3) is 5.66. The SMILES string of the molecule is CCCC[C@H](c1cc(OC)c(OC)cc1F)N1CCNCC1.Cl.Cl. The van der Waals surface area contributed by atoms with Crippen molar-refractivity contribution in [2.75, 3.05) is 40.4 Å². The molecule has 7 heteroatoms. The highest BCUT2D eigenvalue weighted by atomic mass is 35.5. The molecule has 0 saturated carbocycles. The number of hydrogen-bond donors (Lipinski definition) is 1. The van der Waals surface area contributed by atoms with Gasteiger partial charge in [-0.15, -0.1) is 24.8 Å². The molecule has 1 atom stereocenters. The molecule has 0 spiro atoms. The quantitative estimate of drug-likeness (QED) is 0.776. The average Bonchev–Trinajstić information content (AvgIpc) is 2.57. The van der Waals surface area contributed by atoms with E-state index in [1.165, 1.54) is 13.2 Å². The highest BCUT2D eigenvalue weighted by Gasteiger charge is 2.25. The summed E-state index contributed by atoms with van der Waals surface area (Å²) in [5.41, 5.74) is 0.716. The standard InChI is InChI=1S/C17H27FN2O2.2ClH/c1-4-5-6-15(20-9-7-19-8-10-20)13-11-16(21-2)17(22-3)12-14(13)18;;/h11-12,15,19H,4-10H2,1-3H3;2*1H/t15-;;/m1../s1. The minimum atomic E-state index is -0.211. The lowest BCUT2D eigenvalue weighted by atomic mass is 9.97. The van der Waals surface area contributed by atoms with Crippen molar-refractivity contribution in [3.05, 3.63) is 23.5 Å². The van der Waals surface area contributed by atoms with Crippen molar-refractivity contribution in [1.82, 2.24) is 10.2 Å². The van der Waals surface area contributed by atoms with Crippen LogP contribution in [0.3, 0.4) is 0 Å². The Balaban J connectivity index is 0.00000264. The molecule has 1 aliphatic heterocycles. The predicted molar refractivity (Wildman–Crippen MR) is 101 cm³/mol. The molecule has 0 unspecified atom stereocenters. The average molecular weight is 383 g/mol. The number of hydrogen-bond acceptors (Lipinski definition) is 4. The van der Waals surface area contributed by atoms with Gasteiger partial charge in [0.25, 0.3) is 0 Å². The van der Waals surface area contributed by atoms with Crippen LogP contribution in [0.4, 0.5) is 4.39 Å². The highest BCUT2D eigenvalue weighted by Crippen LogP contribution is 2.36. The van der Waals surface area contributed by atoms with Crippen LogP contribution in [0.1, 0.15) is 37.8 Å². The van der Waals surface area contributed by atoms with E-state index < -0.39 is 0 Å². The third-order valence-corrected chi connectivity index (χ3v) is 4.29. The first-order valence-corrected chi connectivity index (χ1v) is 8.07. The Labute approximate surface area is 156 Å². The van der Waals surface area contributed by atoms with Crippen LogP contribution in [0, 0.1) is 5.82 Å². The van der Waals surface area contributed by atoms with Gasteiger partial charge in [0.2, 0.25) is 0 Å². The normalized spacial score (nSPS) is 15.8. The summed E-state index contributed by atoms with van der Waals surface area (Å²) in [6.45, 7) is 5.97. The smallest absolute Gasteiger partial charge is 0.163 e. The first-order chi connectivity index (χ1) is 10.7. The monoisotopic (exact) mass is 382 g/mol. The van der Waals surface area contributed by atoms with Gasteiger partial charge in [0.05, 0.1) is 14.2 Å². The van der Waals surface area contributed by atoms with E-state index in [9.17, 15) is 4.39 Å². The summed E-state index contributed by atoms with van der Waals surface area (Å²) in [4.78, 5) is 2.37. The van der Waals surface area contributed by atoms with E-state index >= 15 is 0 Å². The number of methoxy groups -OCH3 is 2. The fourth-order valence-electron chi connectivity index (χ4n) is 3.05. The van der Waals surface area contributed by atoms with Crippen LogP contribution in [0.2, 0.25) is 0 Å². The maximum atomic E-state index is 14.6. The van der Waals surface area contributed by atoms with Gasteiger partial charge in [0.1, 0.15) is 5.82 Å². The molecule has 1 heterocycles. The zero-order valence-electron chi connectivity index (χ0n) is 14.6. The number of piperazine rings is 1. The first-order valence-electron chi connectivity index (χ1n) is 8.07. The molecule has 1 N–H and O–H groups in total. The molecule has 1 aromatic carbocycles. The fourth-order valence-corrected chi connectivity index (χ4v) is 3.05. The van der Waals surface area contributed by atoms with E-state index in [2.05, 4.69) is 17.1 Å². The largest absolute Gasteiger partial charge is 0.493 e. The van der Waals surface area contributed by atoms with E-state index in [0.717, 1.165) is 45.4 Å². The molecule has 0 aliphatic carbocycles. The Bertz CT molecular complexity index is 486. The molecule has 1 saturated heterocycles. The summed E-state index contributed by atoms with van der Waals surface area (Å²) in [5.74, 6) is 0.825. The van der Waals surface area contributed by atoms with Crippen molar-refractivity contribution in [3.8, 4) is 11.5 Å². The summed E-state index contributed by atoms with van der Waals surface area (Å²) in [6, 6.07) is 3.34. The van der Waals surface area contributed by atoms with Crippen molar-refractivity contribution in [3.63, 3.8) is 0 Å². The van der Waals surface area contributed by atoms with Crippen molar-refractivity contribution in [2.24, 2.45) is 0 Å². The van der Waals surface area contributed by atoms with Gasteiger partial charge in [-0.3, -0.25) is 4.90 Å². The Morgan fingerprint density at radius 2 is 1.71 bits per heavy atom. The molecule has 1 aliphatic rings. The molecule has 24 heavy (non-hydrogen) atoms. The molecule has 0 radical (unpaired) electrons. The van der Waals surface area contributed by atoms with Gasteiger partial charge in [0, 0.05) is 43.9 Å². The number of unbranched alkanes of at least 4 members (excludes halogenated alkanes) is 1. The van der Waals surface area contributed by atoms with Gasteiger partial charge in [0.15, 0.2) is 11.5 Å². The summed E-state index contributed by atoms with van der Waals surface area (Å²) in [7, 11) is 3.12. The number of nitrogens with zero attached hydrogens (tertiary/aromatic N) is 1. The zero-order chi connectivity index (χ0) is 15.9. The van der Waals surface area contributed by atoms with Gasteiger partial charge in [-0.1, -0.05) is 19.8 Å². The zero-order valence-corrected chi connectivity index (χ0v) is 16.3. The van der Waals surface area contributed by atoms with Crippen LogP contribution in [0.25, 0.3) is 0 Å². The molecule has 0 aromatic heterocycles. The van der Waals surface area contributed by atoms with Crippen LogP contribution in [0.15, 0.2) is 12.1 Å². The fraction of sp³-hybridized carbons (Fsp3) is 0.647. The van der Waals surface area contributed by atoms with Crippen molar-refractivity contribution >= 4 is 24.8 Å². The molecular formula is C17H29Cl2FN2O2. The second-order valence-corrected chi connectivity index (χ2v) is 5.67. The van der Waals surface area contributed by atoms with Crippen molar-refractivity contribution in [2.45, 2.75) is 32.2 Å². The Morgan fingerprint density at radius 1 is 1.12 bits per heavy atom. The number of ether oxygens (including phenoxy) is 2. The molecule has 4 nitrogen and oxygen atoms in total. The van der Waals surface area contributed by atoms with Crippen LogP contribution < -0.4 is 14.8 Å². The van der Waals surface area contributed by atoms with E-state index in [1.807, 2.05) is 0 Å². The topological polar surface area (TPSA) is 33.7 Å². The summed E-state index contributed by atoms with van der Waals surface area (Å²) < 4.78 is 25.1. The minimum Gasteiger partial charge on any atom is -0.493 e. The second kappa shape index (κ2) is 11.7. The summed E-state index contributed by atoms with van der Waals surface area (Å²) >= 11 is 0. The lowest BCUT2D eigenvalue weighted by molar-refractivity contribution is 0.159. The van der Waals surface area contributed by atoms with Crippen molar-refractivity contribution < 1.29 is 13.9 Å². The Hall–Kier alpha value is -0.750. The minimum absolute atomic E-state index is 0.